The average Bonchev–Trinajstić information content (AvgIpc) is 2.42. The third-order valence-corrected chi connectivity index (χ3v) is 1.76. The molecule has 1 unspecified atom stereocenters. The minimum atomic E-state index is 0.130. The maximum atomic E-state index is 10.3. The molecule has 1 aliphatic rings. The summed E-state index contributed by atoms with van der Waals surface area (Å²) < 4.78 is 1.92. The van der Waals surface area contributed by atoms with Gasteiger partial charge in [-0.3, -0.25) is 0 Å². The van der Waals surface area contributed by atoms with E-state index in [9.17, 15) is 4.79 Å². The molecule has 1 aliphatic heterocycles. The third kappa shape index (κ3) is 0.650. The van der Waals surface area contributed by atoms with Crippen LogP contribution in [0.2, 0.25) is 0 Å². The van der Waals surface area contributed by atoms with Gasteiger partial charge in [-0.15, -0.1) is 10.2 Å². The number of carbonyl (C=O) groups excluding carboxylic acids is 1. The van der Waals surface area contributed by atoms with E-state index in [1.54, 1.807) is 6.33 Å². The van der Waals surface area contributed by atoms with Gasteiger partial charge in [0, 0.05) is 18.9 Å². The molecule has 0 saturated carbocycles. The van der Waals surface area contributed by atoms with Crippen molar-refractivity contribution in [2.75, 3.05) is 0 Å². The highest BCUT2D eigenvalue weighted by molar-refractivity contribution is 5.54. The molecule has 4 nitrogen and oxygen atoms in total. The molecular formula is C6H7N3O. The van der Waals surface area contributed by atoms with E-state index in [1.165, 1.54) is 0 Å². The van der Waals surface area contributed by atoms with Crippen molar-refractivity contribution in [1.82, 2.24) is 14.8 Å². The van der Waals surface area contributed by atoms with Crippen molar-refractivity contribution >= 4 is 6.29 Å². The molecule has 1 aromatic rings. The van der Waals surface area contributed by atoms with Crippen molar-refractivity contribution in [3.8, 4) is 0 Å². The summed E-state index contributed by atoms with van der Waals surface area (Å²) in [5, 5.41) is 7.56. The standard InChI is InChI=1S/C6H7N3O/c10-3-5-1-6-8-7-4-9(6)2-5/h3-5H,1-2H2. The summed E-state index contributed by atoms with van der Waals surface area (Å²) in [6.07, 6.45) is 3.40. The van der Waals surface area contributed by atoms with Gasteiger partial charge in [0.25, 0.3) is 0 Å². The first kappa shape index (κ1) is 5.58. The predicted molar refractivity (Wildman–Crippen MR) is 33.3 cm³/mol. The van der Waals surface area contributed by atoms with Gasteiger partial charge in [0.15, 0.2) is 0 Å². The van der Waals surface area contributed by atoms with Crippen LogP contribution < -0.4 is 0 Å². The molecule has 1 atom stereocenters. The fourth-order valence-electron chi connectivity index (χ4n) is 1.23. The van der Waals surface area contributed by atoms with E-state index in [0.29, 0.717) is 0 Å². The second-order valence-electron chi connectivity index (χ2n) is 2.50. The summed E-state index contributed by atoms with van der Waals surface area (Å²) >= 11 is 0. The van der Waals surface area contributed by atoms with Crippen LogP contribution in [0.5, 0.6) is 0 Å². The van der Waals surface area contributed by atoms with Crippen LogP contribution in [0, 0.1) is 5.92 Å². The summed E-state index contributed by atoms with van der Waals surface area (Å²) in [6.45, 7) is 0.756. The second kappa shape index (κ2) is 1.90. The fraction of sp³-hybridized carbons (Fsp3) is 0.500. The number of nitrogens with zero attached hydrogens (tertiary/aromatic N) is 3. The second-order valence-corrected chi connectivity index (χ2v) is 2.50. The zero-order chi connectivity index (χ0) is 6.97. The molecule has 0 radical (unpaired) electrons. The summed E-state index contributed by atoms with van der Waals surface area (Å²) in [7, 11) is 0. The highest BCUT2D eigenvalue weighted by Crippen LogP contribution is 2.14. The monoisotopic (exact) mass is 137 g/mol. The third-order valence-electron chi connectivity index (χ3n) is 1.76. The first-order chi connectivity index (χ1) is 4.90. The van der Waals surface area contributed by atoms with Gasteiger partial charge >= 0.3 is 0 Å². The van der Waals surface area contributed by atoms with Crippen LogP contribution in [0.4, 0.5) is 0 Å². The molecule has 0 aromatic carbocycles. The Morgan fingerprint density at radius 1 is 1.80 bits per heavy atom. The van der Waals surface area contributed by atoms with E-state index < -0.39 is 0 Å². The molecule has 0 spiro atoms. The molecule has 4 heteroatoms. The largest absolute Gasteiger partial charge is 0.317 e. The predicted octanol–water partition coefficient (Wildman–Crippen LogP) is -0.351. The Hall–Kier alpha value is -1.19. The number of fused-ring (bicyclic) bond motifs is 1. The van der Waals surface area contributed by atoms with Gasteiger partial charge in [-0.1, -0.05) is 0 Å². The number of aldehydes is 1. The molecule has 0 bridgehead atoms. The minimum absolute atomic E-state index is 0.130. The average molecular weight is 137 g/mol. The summed E-state index contributed by atoms with van der Waals surface area (Å²) in [5.41, 5.74) is 0. The van der Waals surface area contributed by atoms with Crippen LogP contribution in [-0.2, 0) is 17.8 Å². The highest BCUT2D eigenvalue weighted by atomic mass is 16.1. The Kier molecular flexibility index (Phi) is 1.06. The molecule has 1 aromatic heterocycles. The molecule has 0 fully saturated rings. The first-order valence-corrected chi connectivity index (χ1v) is 3.22. The van der Waals surface area contributed by atoms with Gasteiger partial charge in [0.05, 0.1) is 0 Å². The lowest BCUT2D eigenvalue weighted by Gasteiger charge is -1.93. The van der Waals surface area contributed by atoms with Crippen LogP contribution in [0.15, 0.2) is 6.33 Å². The molecule has 52 valence electrons. The van der Waals surface area contributed by atoms with Crippen molar-refractivity contribution in [3.63, 3.8) is 0 Å². The number of hydrogen-bond acceptors (Lipinski definition) is 3. The van der Waals surface area contributed by atoms with E-state index in [-0.39, 0.29) is 5.92 Å². The molecule has 2 rings (SSSR count). The number of rotatable bonds is 1. The van der Waals surface area contributed by atoms with Crippen molar-refractivity contribution in [2.45, 2.75) is 13.0 Å². The molecule has 2 heterocycles. The Balaban J connectivity index is 2.28. The van der Waals surface area contributed by atoms with E-state index >= 15 is 0 Å². The van der Waals surface area contributed by atoms with Gasteiger partial charge in [0.2, 0.25) is 0 Å². The minimum Gasteiger partial charge on any atom is -0.317 e. The zero-order valence-electron chi connectivity index (χ0n) is 5.40. The normalized spacial score (nSPS) is 22.6. The van der Waals surface area contributed by atoms with Gasteiger partial charge in [-0.2, -0.15) is 0 Å². The molecule has 0 aliphatic carbocycles. The molecule has 0 N–H and O–H groups in total. The lowest BCUT2D eigenvalue weighted by atomic mass is 10.1. The maximum absolute atomic E-state index is 10.3. The van der Waals surface area contributed by atoms with Crippen LogP contribution in [0.1, 0.15) is 5.82 Å². The van der Waals surface area contributed by atoms with Gasteiger partial charge in [0.1, 0.15) is 18.4 Å². The number of hydrogen-bond donors (Lipinski definition) is 0. The Labute approximate surface area is 57.9 Å². The van der Waals surface area contributed by atoms with Gasteiger partial charge < -0.3 is 9.36 Å². The van der Waals surface area contributed by atoms with Gasteiger partial charge in [-0.05, 0) is 0 Å². The van der Waals surface area contributed by atoms with E-state index in [2.05, 4.69) is 10.2 Å². The lowest BCUT2D eigenvalue weighted by Crippen LogP contribution is -2.02. The molecular weight excluding hydrogens is 130 g/mol. The highest BCUT2D eigenvalue weighted by Gasteiger charge is 2.21. The summed E-state index contributed by atoms with van der Waals surface area (Å²) in [4.78, 5) is 10.3. The van der Waals surface area contributed by atoms with Gasteiger partial charge in [-0.25, -0.2) is 0 Å². The Morgan fingerprint density at radius 2 is 2.70 bits per heavy atom. The fourth-order valence-corrected chi connectivity index (χ4v) is 1.23. The van der Waals surface area contributed by atoms with Crippen molar-refractivity contribution in [1.29, 1.82) is 0 Å². The van der Waals surface area contributed by atoms with Crippen LogP contribution in [0.25, 0.3) is 0 Å². The van der Waals surface area contributed by atoms with Crippen molar-refractivity contribution in [2.24, 2.45) is 5.92 Å². The molecule has 0 saturated heterocycles. The summed E-state index contributed by atoms with van der Waals surface area (Å²) in [6, 6.07) is 0. The number of aromatic nitrogens is 3. The van der Waals surface area contributed by atoms with E-state index in [4.69, 9.17) is 0 Å². The lowest BCUT2D eigenvalue weighted by molar-refractivity contribution is -0.111. The quantitative estimate of drug-likeness (QED) is 0.497. The topological polar surface area (TPSA) is 47.8 Å². The first-order valence-electron chi connectivity index (χ1n) is 3.22. The SMILES string of the molecule is O=CC1Cc2nncn2C1. The Bertz CT molecular complexity index is 235. The maximum Gasteiger partial charge on any atom is 0.133 e. The smallest absolute Gasteiger partial charge is 0.133 e. The van der Waals surface area contributed by atoms with Crippen molar-refractivity contribution < 1.29 is 4.79 Å². The van der Waals surface area contributed by atoms with Crippen LogP contribution >= 0.6 is 0 Å². The summed E-state index contributed by atoms with van der Waals surface area (Å²) in [5.74, 6) is 1.06. The van der Waals surface area contributed by atoms with Crippen LogP contribution in [0.3, 0.4) is 0 Å². The van der Waals surface area contributed by atoms with Crippen molar-refractivity contribution in [3.05, 3.63) is 12.2 Å². The zero-order valence-corrected chi connectivity index (χ0v) is 5.40. The van der Waals surface area contributed by atoms with E-state index in [0.717, 1.165) is 25.1 Å². The van der Waals surface area contributed by atoms with E-state index in [1.807, 2.05) is 4.57 Å². The van der Waals surface area contributed by atoms with Crippen LogP contribution in [-0.4, -0.2) is 21.1 Å². The molecule has 0 amide bonds. The molecule has 10 heavy (non-hydrogen) atoms. The number of carbonyl (C=O) groups is 1. The Morgan fingerprint density at radius 3 is 3.40 bits per heavy atom.